The number of carbonyl (C=O) groups is 1. The van der Waals surface area contributed by atoms with E-state index in [-0.39, 0.29) is 18.5 Å². The topological polar surface area (TPSA) is 119 Å². The number of hydrogen-bond acceptors (Lipinski definition) is 7. The third-order valence-electron chi connectivity index (χ3n) is 5.39. The predicted molar refractivity (Wildman–Crippen MR) is 121 cm³/mol. The number of nitrogens with two attached hydrogens (primary N) is 1. The van der Waals surface area contributed by atoms with Crippen molar-refractivity contribution >= 4 is 23.5 Å². The summed E-state index contributed by atoms with van der Waals surface area (Å²) in [6.45, 7) is 3.29. The quantitative estimate of drug-likeness (QED) is 0.643. The Labute approximate surface area is 187 Å². The predicted octanol–water partition coefficient (Wildman–Crippen LogP) is 2.72. The Kier molecular flexibility index (Phi) is 7.88. The van der Waals surface area contributed by atoms with Crippen molar-refractivity contribution in [3.05, 3.63) is 52.6 Å². The lowest BCUT2D eigenvalue weighted by Crippen LogP contribution is -2.46. The molecule has 0 bridgehead atoms. The Morgan fingerprint density at radius 2 is 1.90 bits per heavy atom. The smallest absolute Gasteiger partial charge is 0.233 e. The van der Waals surface area contributed by atoms with Crippen LogP contribution in [0.2, 0.25) is 0 Å². The molecule has 8 heteroatoms. The van der Waals surface area contributed by atoms with Gasteiger partial charge in [0.15, 0.2) is 0 Å². The molecule has 1 aromatic carbocycles. The fourth-order valence-corrected chi connectivity index (χ4v) is 4.72. The molecule has 0 radical (unpaired) electrons. The highest BCUT2D eigenvalue weighted by Gasteiger charge is 2.26. The summed E-state index contributed by atoms with van der Waals surface area (Å²) >= 11 is 1.52. The molecule has 2 aromatic rings. The van der Waals surface area contributed by atoms with Crippen molar-refractivity contribution in [3.63, 3.8) is 0 Å². The average Bonchev–Trinajstić information content (AvgIpc) is 2.82. The number of nitrogens with zero attached hydrogens (tertiary/aromatic N) is 4. The summed E-state index contributed by atoms with van der Waals surface area (Å²) in [7, 11) is 0. The fourth-order valence-electron chi connectivity index (χ4n) is 3.76. The van der Waals surface area contributed by atoms with Crippen LogP contribution in [0, 0.1) is 22.7 Å². The number of benzene rings is 1. The Hall–Kier alpha value is -3.07. The number of carbonyl (C=O) groups excluding carboxylic acids is 1. The summed E-state index contributed by atoms with van der Waals surface area (Å²) in [6, 6.07) is 14.7. The first kappa shape index (κ1) is 22.6. The number of hydrogen-bond donors (Lipinski definition) is 2. The van der Waals surface area contributed by atoms with Crippen molar-refractivity contribution in [2.24, 2.45) is 5.73 Å². The monoisotopic (exact) mass is 434 g/mol. The number of pyridine rings is 1. The van der Waals surface area contributed by atoms with Gasteiger partial charge in [0, 0.05) is 24.9 Å². The van der Waals surface area contributed by atoms with Crippen molar-refractivity contribution in [2.45, 2.75) is 43.0 Å². The maximum absolute atomic E-state index is 11.6. The van der Waals surface area contributed by atoms with Crippen LogP contribution in [-0.2, 0) is 17.0 Å². The number of rotatable bonds is 7. The molecular weight excluding hydrogens is 408 g/mol. The maximum Gasteiger partial charge on any atom is 0.233 e. The normalized spacial score (nSPS) is 14.0. The van der Waals surface area contributed by atoms with Gasteiger partial charge in [0.1, 0.15) is 23.0 Å². The van der Waals surface area contributed by atoms with Gasteiger partial charge in [-0.25, -0.2) is 4.98 Å². The summed E-state index contributed by atoms with van der Waals surface area (Å²) in [4.78, 5) is 18.5. The second-order valence-electron chi connectivity index (χ2n) is 7.35. The van der Waals surface area contributed by atoms with Crippen LogP contribution < -0.4 is 16.0 Å². The van der Waals surface area contributed by atoms with E-state index >= 15 is 0 Å². The molecule has 3 N–H and O–H groups in total. The molecular formula is C23H26N6OS. The zero-order valence-electron chi connectivity index (χ0n) is 17.6. The first-order chi connectivity index (χ1) is 15.1. The molecule has 1 aromatic heterocycles. The van der Waals surface area contributed by atoms with E-state index in [2.05, 4.69) is 22.4 Å². The Balaban J connectivity index is 1.88. The van der Waals surface area contributed by atoms with Crippen molar-refractivity contribution in [3.8, 4) is 12.1 Å². The van der Waals surface area contributed by atoms with E-state index in [1.54, 1.807) is 0 Å². The molecule has 0 unspecified atom stereocenters. The molecule has 31 heavy (non-hydrogen) atoms. The molecule has 1 fully saturated rings. The second-order valence-corrected chi connectivity index (χ2v) is 8.32. The van der Waals surface area contributed by atoms with Gasteiger partial charge in [-0.1, -0.05) is 37.3 Å². The lowest BCUT2D eigenvalue weighted by molar-refractivity contribution is -0.120. The molecule has 1 aliphatic heterocycles. The zero-order valence-corrected chi connectivity index (χ0v) is 18.4. The van der Waals surface area contributed by atoms with Gasteiger partial charge in [0.25, 0.3) is 0 Å². The lowest BCUT2D eigenvalue weighted by Gasteiger charge is -2.34. The van der Waals surface area contributed by atoms with E-state index in [0.717, 1.165) is 24.0 Å². The molecule has 0 atom stereocenters. The third kappa shape index (κ3) is 5.35. The van der Waals surface area contributed by atoms with Gasteiger partial charge in [-0.3, -0.25) is 4.79 Å². The third-order valence-corrected chi connectivity index (χ3v) is 6.44. The summed E-state index contributed by atoms with van der Waals surface area (Å²) in [5.74, 6) is 1.18. The second kappa shape index (κ2) is 10.8. The maximum atomic E-state index is 11.6. The number of anilines is 1. The molecule has 0 saturated carbocycles. The van der Waals surface area contributed by atoms with Crippen LogP contribution in [0.3, 0.4) is 0 Å². The molecule has 3 rings (SSSR count). The zero-order chi connectivity index (χ0) is 22.2. The highest BCUT2D eigenvalue weighted by Crippen LogP contribution is 2.34. The minimum atomic E-state index is -0.152. The van der Waals surface area contributed by atoms with E-state index in [1.165, 1.54) is 11.8 Å². The van der Waals surface area contributed by atoms with Crippen molar-refractivity contribution in [1.82, 2.24) is 10.3 Å². The minimum Gasteiger partial charge on any atom is -0.355 e. The van der Waals surface area contributed by atoms with Crippen molar-refractivity contribution < 1.29 is 4.79 Å². The first-order valence-corrected chi connectivity index (χ1v) is 11.4. The van der Waals surface area contributed by atoms with Gasteiger partial charge in [0.05, 0.1) is 17.7 Å². The van der Waals surface area contributed by atoms with Gasteiger partial charge in [0.2, 0.25) is 5.91 Å². The summed E-state index contributed by atoms with van der Waals surface area (Å²) in [6.07, 6.45) is 2.10. The number of nitrogens with one attached hydrogen (secondary N) is 1. The van der Waals surface area contributed by atoms with Crippen LogP contribution in [0.5, 0.6) is 0 Å². The minimum absolute atomic E-state index is 0.0160. The molecule has 1 saturated heterocycles. The molecule has 2 heterocycles. The van der Waals surface area contributed by atoms with Gasteiger partial charge >= 0.3 is 0 Å². The molecule has 7 nitrogen and oxygen atoms in total. The summed E-state index contributed by atoms with van der Waals surface area (Å²) < 4.78 is 0. The Morgan fingerprint density at radius 3 is 2.48 bits per heavy atom. The van der Waals surface area contributed by atoms with Crippen LogP contribution in [0.4, 0.5) is 5.82 Å². The standard InChI is InChI=1S/C23H26N6OS/c1-2-18-19(12-24)22(29-10-8-17(9-11-29)27-21(30)14-26)28-23(20(18)13-25)31-15-16-6-4-3-5-7-16/h3-7,17H,2,8-11,14-15,26H2,1H3,(H,27,30). The summed E-state index contributed by atoms with van der Waals surface area (Å²) in [5, 5.41) is 23.3. The fraction of sp³-hybridized carbons (Fsp3) is 0.391. The average molecular weight is 435 g/mol. The lowest BCUT2D eigenvalue weighted by atomic mass is 10.00. The number of amides is 1. The largest absolute Gasteiger partial charge is 0.355 e. The molecule has 0 aliphatic carbocycles. The first-order valence-electron chi connectivity index (χ1n) is 10.4. The van der Waals surface area contributed by atoms with Crippen molar-refractivity contribution in [2.75, 3.05) is 24.5 Å². The van der Waals surface area contributed by atoms with Gasteiger partial charge in [-0.15, -0.1) is 11.8 Å². The molecule has 160 valence electrons. The Morgan fingerprint density at radius 1 is 1.23 bits per heavy atom. The Bertz CT molecular complexity index is 1000. The van der Waals surface area contributed by atoms with Gasteiger partial charge in [-0.05, 0) is 30.4 Å². The van der Waals surface area contributed by atoms with Crippen LogP contribution in [0.15, 0.2) is 35.4 Å². The highest BCUT2D eigenvalue weighted by molar-refractivity contribution is 7.98. The SMILES string of the molecule is CCc1c(C#N)c(SCc2ccccc2)nc(N2CCC(NC(=O)CN)CC2)c1C#N. The van der Waals surface area contributed by atoms with E-state index in [4.69, 9.17) is 10.7 Å². The van der Waals surface area contributed by atoms with Crippen LogP contribution in [-0.4, -0.2) is 36.6 Å². The summed E-state index contributed by atoms with van der Waals surface area (Å²) in [5.41, 5.74) is 8.27. The van der Waals surface area contributed by atoms with E-state index in [9.17, 15) is 15.3 Å². The van der Waals surface area contributed by atoms with Crippen LogP contribution in [0.25, 0.3) is 0 Å². The van der Waals surface area contributed by atoms with Crippen molar-refractivity contribution in [1.29, 1.82) is 10.5 Å². The number of nitriles is 2. The van der Waals surface area contributed by atoms with Crippen LogP contribution in [0.1, 0.15) is 42.0 Å². The van der Waals surface area contributed by atoms with E-state index < -0.39 is 0 Å². The molecule has 1 aliphatic rings. The van der Waals surface area contributed by atoms with E-state index in [0.29, 0.717) is 47.2 Å². The highest BCUT2D eigenvalue weighted by atomic mass is 32.2. The number of aromatic nitrogens is 1. The van der Waals surface area contributed by atoms with Crippen LogP contribution >= 0.6 is 11.8 Å². The van der Waals surface area contributed by atoms with Gasteiger partial charge in [-0.2, -0.15) is 10.5 Å². The number of thioether (sulfide) groups is 1. The van der Waals surface area contributed by atoms with E-state index in [1.807, 2.05) is 37.3 Å². The number of piperidine rings is 1. The molecule has 1 amide bonds. The van der Waals surface area contributed by atoms with Gasteiger partial charge < -0.3 is 16.0 Å². The molecule has 0 spiro atoms.